The highest BCUT2D eigenvalue weighted by atomic mass is 16.5. The first-order chi connectivity index (χ1) is 11.2. The summed E-state index contributed by atoms with van der Waals surface area (Å²) < 4.78 is 11.8. The van der Waals surface area contributed by atoms with Gasteiger partial charge < -0.3 is 9.47 Å². The van der Waals surface area contributed by atoms with E-state index < -0.39 is 0 Å². The Kier molecular flexibility index (Phi) is 4.29. The Morgan fingerprint density at radius 3 is 2.52 bits per heavy atom. The van der Waals surface area contributed by atoms with E-state index in [0.717, 1.165) is 30.3 Å². The minimum atomic E-state index is 0.450. The van der Waals surface area contributed by atoms with Crippen molar-refractivity contribution in [1.29, 1.82) is 0 Å². The smallest absolute Gasteiger partial charge is 0.0627 e. The zero-order valence-electron chi connectivity index (χ0n) is 15.5. The van der Waals surface area contributed by atoms with Gasteiger partial charge in [-0.1, -0.05) is 19.8 Å². The molecular formula is C21H36O2. The van der Waals surface area contributed by atoms with Crippen molar-refractivity contribution in [3.8, 4) is 0 Å². The summed E-state index contributed by atoms with van der Waals surface area (Å²) in [5.41, 5.74) is 0.966. The third kappa shape index (κ3) is 2.27. The lowest BCUT2D eigenvalue weighted by atomic mass is 9.45. The predicted molar refractivity (Wildman–Crippen MR) is 93.3 cm³/mol. The zero-order valence-corrected chi connectivity index (χ0v) is 15.5. The maximum absolute atomic E-state index is 5.92. The molecule has 4 rings (SSSR count). The fourth-order valence-corrected chi connectivity index (χ4v) is 7.96. The molecule has 4 saturated carbocycles. The maximum atomic E-state index is 5.92. The van der Waals surface area contributed by atoms with Crippen LogP contribution in [-0.2, 0) is 9.47 Å². The highest BCUT2D eigenvalue weighted by Gasteiger charge is 2.61. The molecule has 0 aromatic carbocycles. The van der Waals surface area contributed by atoms with Gasteiger partial charge in [-0.2, -0.15) is 0 Å². The normalized spacial score (nSPS) is 52.6. The number of fused-ring (bicyclic) bond motifs is 5. The summed E-state index contributed by atoms with van der Waals surface area (Å²) in [6, 6.07) is 0. The number of methoxy groups -OCH3 is 2. The van der Waals surface area contributed by atoms with Crippen LogP contribution < -0.4 is 0 Å². The topological polar surface area (TPSA) is 18.5 Å². The van der Waals surface area contributed by atoms with Crippen LogP contribution in [0.4, 0.5) is 0 Å². The summed E-state index contributed by atoms with van der Waals surface area (Å²) in [6.45, 7) is 3.57. The van der Waals surface area contributed by atoms with E-state index in [0.29, 0.717) is 16.9 Å². The SMILES string of the molecule is COC[C@]12CCCCC1CCC1C3CCC(OC)[C@@]3(C)CCC12. The summed E-state index contributed by atoms with van der Waals surface area (Å²) in [4.78, 5) is 0. The van der Waals surface area contributed by atoms with Crippen molar-refractivity contribution in [1.82, 2.24) is 0 Å². The van der Waals surface area contributed by atoms with Crippen molar-refractivity contribution in [2.45, 2.75) is 77.2 Å². The molecule has 5 unspecified atom stereocenters. The lowest BCUT2D eigenvalue weighted by molar-refractivity contribution is -0.153. The molecule has 0 spiro atoms. The van der Waals surface area contributed by atoms with Crippen molar-refractivity contribution in [2.75, 3.05) is 20.8 Å². The van der Waals surface area contributed by atoms with E-state index in [2.05, 4.69) is 6.92 Å². The molecule has 4 aliphatic rings. The highest BCUT2D eigenvalue weighted by Crippen LogP contribution is 2.66. The number of hydrogen-bond acceptors (Lipinski definition) is 2. The molecule has 0 aromatic rings. The lowest BCUT2D eigenvalue weighted by Gasteiger charge is -2.61. The van der Waals surface area contributed by atoms with Crippen LogP contribution in [0.5, 0.6) is 0 Å². The summed E-state index contributed by atoms with van der Waals surface area (Å²) in [5.74, 6) is 3.72. The lowest BCUT2D eigenvalue weighted by Crippen LogP contribution is -2.56. The second-order valence-electron chi connectivity index (χ2n) is 9.41. The summed E-state index contributed by atoms with van der Waals surface area (Å²) >= 11 is 0. The second-order valence-corrected chi connectivity index (χ2v) is 9.41. The van der Waals surface area contributed by atoms with Gasteiger partial charge in [0.25, 0.3) is 0 Å². The predicted octanol–water partition coefficient (Wildman–Crippen LogP) is 5.06. The van der Waals surface area contributed by atoms with Crippen molar-refractivity contribution in [2.24, 2.45) is 34.5 Å². The van der Waals surface area contributed by atoms with Crippen LogP contribution in [0.1, 0.15) is 71.1 Å². The first-order valence-corrected chi connectivity index (χ1v) is 10.2. The molecule has 4 aliphatic carbocycles. The fraction of sp³-hybridized carbons (Fsp3) is 1.00. The highest BCUT2D eigenvalue weighted by molar-refractivity contribution is 5.10. The third-order valence-corrected chi connectivity index (χ3v) is 8.89. The van der Waals surface area contributed by atoms with Gasteiger partial charge in [0, 0.05) is 14.2 Å². The Morgan fingerprint density at radius 2 is 1.74 bits per heavy atom. The molecule has 2 nitrogen and oxygen atoms in total. The molecule has 23 heavy (non-hydrogen) atoms. The van der Waals surface area contributed by atoms with Gasteiger partial charge in [0.2, 0.25) is 0 Å². The van der Waals surface area contributed by atoms with Crippen LogP contribution >= 0.6 is 0 Å². The van der Waals surface area contributed by atoms with Crippen LogP contribution in [-0.4, -0.2) is 26.9 Å². The summed E-state index contributed by atoms with van der Waals surface area (Å²) in [5, 5.41) is 0. The second kappa shape index (κ2) is 6.02. The van der Waals surface area contributed by atoms with Crippen molar-refractivity contribution < 1.29 is 9.47 Å². The Morgan fingerprint density at radius 1 is 0.870 bits per heavy atom. The maximum Gasteiger partial charge on any atom is 0.0627 e. The van der Waals surface area contributed by atoms with Gasteiger partial charge in [-0.15, -0.1) is 0 Å². The molecule has 0 heterocycles. The van der Waals surface area contributed by atoms with Crippen LogP contribution in [0.2, 0.25) is 0 Å². The quantitative estimate of drug-likeness (QED) is 0.723. The number of ether oxygens (including phenoxy) is 2. The fourth-order valence-electron chi connectivity index (χ4n) is 7.96. The molecule has 7 atom stereocenters. The summed E-state index contributed by atoms with van der Waals surface area (Å²) in [7, 11) is 3.88. The minimum absolute atomic E-state index is 0.450. The van der Waals surface area contributed by atoms with Gasteiger partial charge >= 0.3 is 0 Å². The molecule has 4 fully saturated rings. The van der Waals surface area contributed by atoms with Crippen molar-refractivity contribution in [3.63, 3.8) is 0 Å². The molecule has 0 bridgehead atoms. The van der Waals surface area contributed by atoms with E-state index in [9.17, 15) is 0 Å². The van der Waals surface area contributed by atoms with Gasteiger partial charge in [-0.3, -0.25) is 0 Å². The summed E-state index contributed by atoms with van der Waals surface area (Å²) in [6.07, 6.45) is 14.8. The van der Waals surface area contributed by atoms with Gasteiger partial charge in [0.1, 0.15) is 0 Å². The van der Waals surface area contributed by atoms with Gasteiger partial charge in [0.05, 0.1) is 12.7 Å². The van der Waals surface area contributed by atoms with Gasteiger partial charge in [-0.25, -0.2) is 0 Å². The Balaban J connectivity index is 1.64. The molecule has 0 aromatic heterocycles. The van der Waals surface area contributed by atoms with E-state index in [-0.39, 0.29) is 0 Å². The average Bonchev–Trinajstić information content (AvgIpc) is 2.91. The Labute approximate surface area is 142 Å². The standard InChI is InChI=1S/C21H36O2/c1-20-13-11-18-16(17(20)9-10-19(20)23-3)8-7-15-6-4-5-12-21(15,18)14-22-2/h15-19H,4-14H2,1-3H3/t15?,16?,17?,18?,19?,20-,21+/m0/s1. The molecule has 2 heteroatoms. The third-order valence-electron chi connectivity index (χ3n) is 8.89. The Hall–Kier alpha value is -0.0800. The van der Waals surface area contributed by atoms with Gasteiger partial charge in [0.15, 0.2) is 0 Å². The van der Waals surface area contributed by atoms with Crippen LogP contribution in [0.25, 0.3) is 0 Å². The van der Waals surface area contributed by atoms with Crippen molar-refractivity contribution in [3.05, 3.63) is 0 Å². The zero-order chi connectivity index (χ0) is 16.1. The van der Waals surface area contributed by atoms with E-state index >= 15 is 0 Å². The molecule has 132 valence electrons. The van der Waals surface area contributed by atoms with E-state index in [4.69, 9.17) is 9.47 Å². The van der Waals surface area contributed by atoms with Crippen LogP contribution in [0.3, 0.4) is 0 Å². The molecule has 0 amide bonds. The monoisotopic (exact) mass is 320 g/mol. The molecular weight excluding hydrogens is 284 g/mol. The molecule has 0 N–H and O–H groups in total. The van der Waals surface area contributed by atoms with E-state index in [1.807, 2.05) is 14.2 Å². The van der Waals surface area contributed by atoms with E-state index in [1.165, 1.54) is 64.2 Å². The molecule has 0 aliphatic heterocycles. The first-order valence-electron chi connectivity index (χ1n) is 10.2. The average molecular weight is 321 g/mol. The first kappa shape index (κ1) is 16.4. The molecule has 0 radical (unpaired) electrons. The van der Waals surface area contributed by atoms with Crippen LogP contribution in [0.15, 0.2) is 0 Å². The number of rotatable bonds is 3. The van der Waals surface area contributed by atoms with Crippen molar-refractivity contribution >= 4 is 0 Å². The van der Waals surface area contributed by atoms with Crippen LogP contribution in [0, 0.1) is 34.5 Å². The minimum Gasteiger partial charge on any atom is -0.384 e. The Bertz CT molecular complexity index is 432. The van der Waals surface area contributed by atoms with Gasteiger partial charge in [-0.05, 0) is 85.9 Å². The number of hydrogen-bond donors (Lipinski definition) is 0. The molecule has 0 saturated heterocycles. The largest absolute Gasteiger partial charge is 0.384 e. The van der Waals surface area contributed by atoms with E-state index in [1.54, 1.807) is 0 Å².